The van der Waals surface area contributed by atoms with Crippen LogP contribution in [0.1, 0.15) is 0 Å². The highest BCUT2D eigenvalue weighted by atomic mass is 32.1. The second-order valence-electron chi connectivity index (χ2n) is 5.95. The van der Waals surface area contributed by atoms with E-state index in [2.05, 4.69) is 97.1 Å². The Hall–Kier alpha value is -2.00. The molecule has 2 heteroatoms. The fourth-order valence-corrected chi connectivity index (χ4v) is 11.8. The van der Waals surface area contributed by atoms with Crippen LogP contribution >= 0.6 is 15.2 Å². The molecule has 0 nitrogen and oxygen atoms in total. The van der Waals surface area contributed by atoms with E-state index in [1.165, 1.54) is 21.4 Å². The first-order chi connectivity index (χ1) is 11.9. The normalized spacial score (nSPS) is 18.8. The van der Waals surface area contributed by atoms with Crippen molar-refractivity contribution in [2.45, 2.75) is 0 Å². The van der Waals surface area contributed by atoms with Gasteiger partial charge in [0.25, 0.3) is 0 Å². The van der Waals surface area contributed by atoms with Crippen molar-refractivity contribution >= 4 is 47.2 Å². The monoisotopic (exact) mass is 342 g/mol. The molecule has 1 aliphatic heterocycles. The summed E-state index contributed by atoms with van der Waals surface area (Å²) in [4.78, 5) is 0. The molecule has 4 aromatic carbocycles. The van der Waals surface area contributed by atoms with Crippen molar-refractivity contribution in [3.8, 4) is 0 Å². The number of benzene rings is 4. The third-order valence-electron chi connectivity index (χ3n) is 4.52. The molecule has 0 radical (unpaired) electrons. The highest BCUT2D eigenvalue weighted by Crippen LogP contribution is 2.70. The first kappa shape index (κ1) is 14.4. The molecule has 0 amide bonds. The topological polar surface area (TPSA) is 0 Å². The number of hydrogen-bond acceptors (Lipinski definition) is 0. The van der Waals surface area contributed by atoms with E-state index in [1.54, 1.807) is 10.6 Å². The standard InChI is InChI=1S/C22H16P2/c1-3-11-18(12-4-1)23-20-15-7-9-17-10-8-16-21(22(17)20)24(23)19-13-5-2-6-14-19/h1-16H. The fraction of sp³-hybridized carbons (Fsp3) is 0. The maximum absolute atomic E-state index is 2.36. The second-order valence-corrected chi connectivity index (χ2v) is 11.6. The molecule has 0 saturated heterocycles. The van der Waals surface area contributed by atoms with Gasteiger partial charge in [0.15, 0.2) is 0 Å². The van der Waals surface area contributed by atoms with Crippen molar-refractivity contribution in [1.82, 2.24) is 0 Å². The van der Waals surface area contributed by atoms with Gasteiger partial charge in [0.05, 0.1) is 0 Å². The summed E-state index contributed by atoms with van der Waals surface area (Å²) in [6, 6.07) is 35.9. The minimum absolute atomic E-state index is 0.361. The van der Waals surface area contributed by atoms with Gasteiger partial charge >= 0.3 is 0 Å². The molecule has 0 aliphatic carbocycles. The maximum Gasteiger partial charge on any atom is -0.00159 e. The molecule has 5 rings (SSSR count). The lowest BCUT2D eigenvalue weighted by Crippen LogP contribution is -2.11. The van der Waals surface area contributed by atoms with Crippen molar-refractivity contribution < 1.29 is 0 Å². The Morgan fingerprint density at radius 1 is 0.417 bits per heavy atom. The van der Waals surface area contributed by atoms with Crippen LogP contribution in [0.15, 0.2) is 97.1 Å². The SMILES string of the molecule is c1ccc(P2c3cccc4cccc(c34)P2c2ccccc2)cc1. The van der Waals surface area contributed by atoms with E-state index in [4.69, 9.17) is 0 Å². The molecule has 0 bridgehead atoms. The lowest BCUT2D eigenvalue weighted by atomic mass is 10.1. The Bertz CT molecular complexity index is 929. The summed E-state index contributed by atoms with van der Waals surface area (Å²) in [5.74, 6) is 0. The quantitative estimate of drug-likeness (QED) is 0.466. The van der Waals surface area contributed by atoms with Crippen LogP contribution in [0.4, 0.5) is 0 Å². The molecule has 1 aliphatic rings. The van der Waals surface area contributed by atoms with Gasteiger partial charge < -0.3 is 0 Å². The summed E-state index contributed by atoms with van der Waals surface area (Å²) in [5.41, 5.74) is 0. The molecule has 0 saturated carbocycles. The lowest BCUT2D eigenvalue weighted by Gasteiger charge is -2.23. The van der Waals surface area contributed by atoms with Gasteiger partial charge in [-0.2, -0.15) is 0 Å². The Morgan fingerprint density at radius 3 is 1.33 bits per heavy atom. The number of hydrogen-bond donors (Lipinski definition) is 0. The molecular weight excluding hydrogens is 326 g/mol. The summed E-state index contributed by atoms with van der Waals surface area (Å²) in [6.45, 7) is 0. The zero-order valence-electron chi connectivity index (χ0n) is 13.1. The van der Waals surface area contributed by atoms with Crippen LogP contribution in [0.5, 0.6) is 0 Å². The minimum Gasteiger partial charge on any atom is -0.0622 e. The van der Waals surface area contributed by atoms with E-state index in [-0.39, 0.29) is 15.2 Å². The van der Waals surface area contributed by atoms with E-state index in [9.17, 15) is 0 Å². The number of rotatable bonds is 2. The highest BCUT2D eigenvalue weighted by molar-refractivity contribution is 8.42. The van der Waals surface area contributed by atoms with Gasteiger partial charge in [-0.05, 0) is 47.2 Å². The van der Waals surface area contributed by atoms with Gasteiger partial charge in [0, 0.05) is 0 Å². The van der Waals surface area contributed by atoms with Crippen LogP contribution in [0.2, 0.25) is 0 Å². The minimum atomic E-state index is -0.361. The van der Waals surface area contributed by atoms with Crippen LogP contribution in [0, 0.1) is 0 Å². The third kappa shape index (κ3) is 2.15. The highest BCUT2D eigenvalue weighted by Gasteiger charge is 2.35. The largest absolute Gasteiger partial charge is 0.0622 e. The van der Waals surface area contributed by atoms with Gasteiger partial charge in [-0.15, -0.1) is 0 Å². The predicted octanol–water partition coefficient (Wildman–Crippen LogP) is 4.63. The van der Waals surface area contributed by atoms with E-state index in [1.807, 2.05) is 0 Å². The molecular formula is C22H16P2. The van der Waals surface area contributed by atoms with Gasteiger partial charge in [0.1, 0.15) is 0 Å². The molecule has 1 heterocycles. The molecule has 0 aromatic heterocycles. The zero-order valence-corrected chi connectivity index (χ0v) is 14.9. The van der Waals surface area contributed by atoms with Gasteiger partial charge in [-0.3, -0.25) is 0 Å². The van der Waals surface area contributed by atoms with Crippen molar-refractivity contribution in [3.05, 3.63) is 97.1 Å². The average Bonchev–Trinajstić information content (AvgIpc) is 3.00. The summed E-state index contributed by atoms with van der Waals surface area (Å²) >= 11 is 0. The molecule has 2 unspecified atom stereocenters. The molecule has 2 atom stereocenters. The van der Waals surface area contributed by atoms with Crippen molar-refractivity contribution in [2.75, 3.05) is 0 Å². The molecule has 0 spiro atoms. The molecule has 4 aromatic rings. The van der Waals surface area contributed by atoms with E-state index in [0.717, 1.165) is 0 Å². The van der Waals surface area contributed by atoms with Crippen molar-refractivity contribution in [1.29, 1.82) is 0 Å². The van der Waals surface area contributed by atoms with Crippen LogP contribution < -0.4 is 21.2 Å². The Kier molecular flexibility index (Phi) is 3.48. The predicted molar refractivity (Wildman–Crippen MR) is 109 cm³/mol. The Labute approximate surface area is 144 Å². The first-order valence-electron chi connectivity index (χ1n) is 8.15. The van der Waals surface area contributed by atoms with E-state index in [0.29, 0.717) is 0 Å². The lowest BCUT2D eigenvalue weighted by molar-refractivity contribution is 1.77. The second kappa shape index (κ2) is 5.82. The van der Waals surface area contributed by atoms with E-state index < -0.39 is 0 Å². The van der Waals surface area contributed by atoms with Crippen LogP contribution in [0.25, 0.3) is 10.8 Å². The fourth-order valence-electron chi connectivity index (χ4n) is 3.52. The third-order valence-corrected chi connectivity index (χ3v) is 12.0. The van der Waals surface area contributed by atoms with Crippen LogP contribution in [-0.4, -0.2) is 0 Å². The summed E-state index contributed by atoms with van der Waals surface area (Å²) in [7, 11) is -0.721. The van der Waals surface area contributed by atoms with Crippen LogP contribution in [0.3, 0.4) is 0 Å². The van der Waals surface area contributed by atoms with Crippen LogP contribution in [-0.2, 0) is 0 Å². The molecule has 0 N–H and O–H groups in total. The smallest absolute Gasteiger partial charge is 0.00159 e. The molecule has 0 fully saturated rings. The van der Waals surface area contributed by atoms with Gasteiger partial charge in [-0.1, -0.05) is 97.1 Å². The van der Waals surface area contributed by atoms with Gasteiger partial charge in [0.2, 0.25) is 0 Å². The average molecular weight is 342 g/mol. The molecule has 114 valence electrons. The molecule has 24 heavy (non-hydrogen) atoms. The Balaban J connectivity index is 1.83. The summed E-state index contributed by atoms with van der Waals surface area (Å²) < 4.78 is 0. The van der Waals surface area contributed by atoms with Gasteiger partial charge in [-0.25, -0.2) is 0 Å². The summed E-state index contributed by atoms with van der Waals surface area (Å²) in [5, 5.41) is 8.98. The summed E-state index contributed by atoms with van der Waals surface area (Å²) in [6.07, 6.45) is 0. The van der Waals surface area contributed by atoms with Crippen molar-refractivity contribution in [3.63, 3.8) is 0 Å². The zero-order chi connectivity index (χ0) is 15.9. The maximum atomic E-state index is 2.36. The van der Waals surface area contributed by atoms with E-state index >= 15 is 0 Å². The van der Waals surface area contributed by atoms with Crippen molar-refractivity contribution in [2.24, 2.45) is 0 Å². The first-order valence-corrected chi connectivity index (χ1v) is 11.5. The Morgan fingerprint density at radius 2 is 0.875 bits per heavy atom.